The van der Waals surface area contributed by atoms with Crippen LogP contribution in [-0.2, 0) is 4.74 Å². The van der Waals surface area contributed by atoms with Crippen LogP contribution >= 0.6 is 0 Å². The van der Waals surface area contributed by atoms with E-state index in [2.05, 4.69) is 19.2 Å². The van der Waals surface area contributed by atoms with Crippen molar-refractivity contribution in [1.82, 2.24) is 5.32 Å². The average molecular weight is 165 g/mol. The highest BCUT2D eigenvalue weighted by atomic mass is 16.5. The van der Waals surface area contributed by atoms with Crippen molar-refractivity contribution >= 4 is 0 Å². The van der Waals surface area contributed by atoms with Crippen molar-refractivity contribution in [2.75, 3.05) is 13.2 Å². The Morgan fingerprint density at radius 3 is 2.92 bits per heavy atom. The SMILES string of the molecule is CC1=C(C)C2=C(CC1)OCCN2. The molecule has 2 nitrogen and oxygen atoms in total. The van der Waals surface area contributed by atoms with Crippen molar-refractivity contribution in [2.45, 2.75) is 26.7 Å². The van der Waals surface area contributed by atoms with Gasteiger partial charge in [-0.3, -0.25) is 0 Å². The van der Waals surface area contributed by atoms with Crippen LogP contribution in [0.5, 0.6) is 0 Å². The first-order valence-corrected chi connectivity index (χ1v) is 4.55. The summed E-state index contributed by atoms with van der Waals surface area (Å²) in [5.74, 6) is 1.17. The third-order valence-electron chi connectivity index (χ3n) is 2.70. The van der Waals surface area contributed by atoms with Gasteiger partial charge >= 0.3 is 0 Å². The third kappa shape index (κ3) is 1.11. The van der Waals surface area contributed by atoms with Gasteiger partial charge in [0.05, 0.1) is 5.70 Å². The summed E-state index contributed by atoms with van der Waals surface area (Å²) in [6, 6.07) is 0. The number of hydrogen-bond donors (Lipinski definition) is 1. The lowest BCUT2D eigenvalue weighted by Crippen LogP contribution is -2.29. The van der Waals surface area contributed by atoms with E-state index in [1.165, 1.54) is 22.6 Å². The van der Waals surface area contributed by atoms with Gasteiger partial charge in [0.15, 0.2) is 0 Å². The molecule has 0 bridgehead atoms. The van der Waals surface area contributed by atoms with Gasteiger partial charge in [-0.2, -0.15) is 0 Å². The van der Waals surface area contributed by atoms with E-state index in [1.807, 2.05) is 0 Å². The molecule has 2 rings (SSSR count). The summed E-state index contributed by atoms with van der Waals surface area (Å²) in [6.07, 6.45) is 2.23. The lowest BCUT2D eigenvalue weighted by molar-refractivity contribution is 0.180. The van der Waals surface area contributed by atoms with Gasteiger partial charge in [-0.1, -0.05) is 5.57 Å². The molecule has 12 heavy (non-hydrogen) atoms. The molecule has 0 spiro atoms. The van der Waals surface area contributed by atoms with Crippen molar-refractivity contribution < 1.29 is 4.74 Å². The summed E-state index contributed by atoms with van der Waals surface area (Å²) < 4.78 is 5.58. The van der Waals surface area contributed by atoms with Gasteiger partial charge in [-0.05, 0) is 25.8 Å². The summed E-state index contributed by atoms with van der Waals surface area (Å²) in [5, 5.41) is 3.40. The highest BCUT2D eigenvalue weighted by molar-refractivity contribution is 5.38. The molecule has 0 fully saturated rings. The van der Waals surface area contributed by atoms with E-state index in [9.17, 15) is 0 Å². The molecule has 1 N–H and O–H groups in total. The van der Waals surface area contributed by atoms with E-state index in [1.54, 1.807) is 0 Å². The molecule has 1 heterocycles. The second-order valence-corrected chi connectivity index (χ2v) is 3.48. The molecular weight excluding hydrogens is 150 g/mol. The van der Waals surface area contributed by atoms with E-state index in [4.69, 9.17) is 4.74 Å². The summed E-state index contributed by atoms with van der Waals surface area (Å²) in [5.41, 5.74) is 4.13. The fraction of sp³-hybridized carbons (Fsp3) is 0.600. The van der Waals surface area contributed by atoms with Gasteiger partial charge < -0.3 is 10.1 Å². The van der Waals surface area contributed by atoms with Crippen LogP contribution in [0.3, 0.4) is 0 Å². The Balaban J connectivity index is 2.35. The fourth-order valence-corrected chi connectivity index (χ4v) is 1.76. The minimum Gasteiger partial charge on any atom is -0.494 e. The Labute approximate surface area is 73.3 Å². The van der Waals surface area contributed by atoms with E-state index >= 15 is 0 Å². The first-order chi connectivity index (χ1) is 5.79. The maximum atomic E-state index is 5.58. The van der Waals surface area contributed by atoms with Crippen LogP contribution in [-0.4, -0.2) is 13.2 Å². The molecule has 0 amide bonds. The second kappa shape index (κ2) is 2.85. The molecule has 2 aliphatic rings. The van der Waals surface area contributed by atoms with Crippen LogP contribution in [0.1, 0.15) is 26.7 Å². The third-order valence-corrected chi connectivity index (χ3v) is 2.70. The number of ether oxygens (including phenoxy) is 1. The van der Waals surface area contributed by atoms with Gasteiger partial charge in [0.25, 0.3) is 0 Å². The molecule has 0 aromatic rings. The summed E-state index contributed by atoms with van der Waals surface area (Å²) in [4.78, 5) is 0. The Hall–Kier alpha value is -0.920. The van der Waals surface area contributed by atoms with E-state index in [0.29, 0.717) is 0 Å². The topological polar surface area (TPSA) is 21.3 Å². The molecule has 0 saturated carbocycles. The smallest absolute Gasteiger partial charge is 0.120 e. The fourth-order valence-electron chi connectivity index (χ4n) is 1.76. The van der Waals surface area contributed by atoms with Crippen LogP contribution in [0.15, 0.2) is 22.6 Å². The van der Waals surface area contributed by atoms with Gasteiger partial charge in [0.1, 0.15) is 12.4 Å². The van der Waals surface area contributed by atoms with Gasteiger partial charge in [0.2, 0.25) is 0 Å². The summed E-state index contributed by atoms with van der Waals surface area (Å²) in [6.45, 7) is 6.15. The van der Waals surface area contributed by atoms with Gasteiger partial charge in [-0.25, -0.2) is 0 Å². The molecule has 0 radical (unpaired) electrons. The number of hydrogen-bond acceptors (Lipinski definition) is 2. The minimum absolute atomic E-state index is 0.825. The average Bonchev–Trinajstić information content (AvgIpc) is 2.12. The monoisotopic (exact) mass is 165 g/mol. The highest BCUT2D eigenvalue weighted by Crippen LogP contribution is 2.30. The van der Waals surface area contributed by atoms with E-state index in [-0.39, 0.29) is 0 Å². The minimum atomic E-state index is 0.825. The van der Waals surface area contributed by atoms with Crippen molar-refractivity contribution in [1.29, 1.82) is 0 Å². The molecule has 1 aliphatic carbocycles. The predicted octanol–water partition coefficient (Wildman–Crippen LogP) is 1.95. The lowest BCUT2D eigenvalue weighted by atomic mass is 9.95. The van der Waals surface area contributed by atoms with Crippen LogP contribution in [0.4, 0.5) is 0 Å². The number of nitrogens with one attached hydrogen (secondary N) is 1. The predicted molar refractivity (Wildman–Crippen MR) is 48.6 cm³/mol. The largest absolute Gasteiger partial charge is 0.494 e. The zero-order chi connectivity index (χ0) is 8.55. The number of rotatable bonds is 0. The quantitative estimate of drug-likeness (QED) is 0.592. The molecule has 0 saturated heterocycles. The van der Waals surface area contributed by atoms with Crippen LogP contribution in [0.2, 0.25) is 0 Å². The lowest BCUT2D eigenvalue weighted by Gasteiger charge is -2.28. The van der Waals surface area contributed by atoms with Crippen LogP contribution in [0, 0.1) is 0 Å². The molecule has 0 unspecified atom stereocenters. The maximum Gasteiger partial charge on any atom is 0.120 e. The molecule has 66 valence electrons. The highest BCUT2D eigenvalue weighted by Gasteiger charge is 2.20. The standard InChI is InChI=1S/C10H15NO/c1-7-3-4-9-10(8(7)2)11-5-6-12-9/h11H,3-6H2,1-2H3. The summed E-state index contributed by atoms with van der Waals surface area (Å²) >= 11 is 0. The number of allylic oxidation sites excluding steroid dienone is 3. The normalized spacial score (nSPS) is 23.2. The van der Waals surface area contributed by atoms with Crippen molar-refractivity contribution in [3.8, 4) is 0 Å². The molecule has 0 aromatic carbocycles. The van der Waals surface area contributed by atoms with Crippen molar-refractivity contribution in [3.05, 3.63) is 22.6 Å². The maximum absolute atomic E-state index is 5.58. The van der Waals surface area contributed by atoms with Gasteiger partial charge in [0, 0.05) is 13.0 Å². The van der Waals surface area contributed by atoms with Crippen LogP contribution in [0.25, 0.3) is 0 Å². The molecule has 0 atom stereocenters. The molecule has 1 aliphatic heterocycles. The zero-order valence-electron chi connectivity index (χ0n) is 7.74. The van der Waals surface area contributed by atoms with Gasteiger partial charge in [-0.15, -0.1) is 0 Å². The zero-order valence-corrected chi connectivity index (χ0v) is 7.74. The second-order valence-electron chi connectivity index (χ2n) is 3.48. The van der Waals surface area contributed by atoms with Crippen molar-refractivity contribution in [3.63, 3.8) is 0 Å². The molecular formula is C10H15NO. The van der Waals surface area contributed by atoms with Crippen molar-refractivity contribution in [2.24, 2.45) is 0 Å². The Morgan fingerprint density at radius 1 is 1.25 bits per heavy atom. The molecule has 0 aromatic heterocycles. The first-order valence-electron chi connectivity index (χ1n) is 4.55. The van der Waals surface area contributed by atoms with E-state index in [0.717, 1.165) is 26.0 Å². The van der Waals surface area contributed by atoms with E-state index < -0.39 is 0 Å². The Kier molecular flexibility index (Phi) is 1.83. The van der Waals surface area contributed by atoms with Crippen LogP contribution < -0.4 is 5.32 Å². The summed E-state index contributed by atoms with van der Waals surface area (Å²) in [7, 11) is 0. The Bertz CT molecular complexity index is 263. The first kappa shape index (κ1) is 7.71. The Morgan fingerprint density at radius 2 is 2.08 bits per heavy atom. The molecule has 2 heteroatoms.